The summed E-state index contributed by atoms with van der Waals surface area (Å²) in [6, 6.07) is 7.27. The van der Waals surface area contributed by atoms with Gasteiger partial charge in [0.25, 0.3) is 0 Å². The van der Waals surface area contributed by atoms with Gasteiger partial charge in [0.05, 0.1) is 23.1 Å². The van der Waals surface area contributed by atoms with Crippen LogP contribution in [0.15, 0.2) is 61.1 Å². The van der Waals surface area contributed by atoms with Crippen LogP contribution in [0.25, 0.3) is 0 Å². The molecular formula is C20H15F5N4O. The van der Waals surface area contributed by atoms with Crippen molar-refractivity contribution in [3.8, 4) is 0 Å². The number of urea groups is 1. The Kier molecular flexibility index (Phi) is 6.24. The summed E-state index contributed by atoms with van der Waals surface area (Å²) < 4.78 is 66.9. The monoisotopic (exact) mass is 422 g/mol. The van der Waals surface area contributed by atoms with Gasteiger partial charge in [-0.05, 0) is 42.0 Å². The van der Waals surface area contributed by atoms with Gasteiger partial charge in [-0.2, -0.15) is 13.2 Å². The molecule has 1 atom stereocenters. The Hall–Kier alpha value is -3.56. The van der Waals surface area contributed by atoms with E-state index in [0.29, 0.717) is 17.8 Å². The van der Waals surface area contributed by atoms with E-state index in [1.54, 1.807) is 12.1 Å². The van der Waals surface area contributed by atoms with Crippen molar-refractivity contribution in [3.05, 3.63) is 89.5 Å². The zero-order valence-corrected chi connectivity index (χ0v) is 15.3. The minimum absolute atomic E-state index is 0.0276. The fourth-order valence-electron chi connectivity index (χ4n) is 2.81. The van der Waals surface area contributed by atoms with Crippen LogP contribution < -0.4 is 10.6 Å². The van der Waals surface area contributed by atoms with Crippen LogP contribution in [0.3, 0.4) is 0 Å². The first-order valence-electron chi connectivity index (χ1n) is 8.67. The van der Waals surface area contributed by atoms with Gasteiger partial charge in [0.15, 0.2) is 0 Å². The lowest BCUT2D eigenvalue weighted by Crippen LogP contribution is -2.33. The molecule has 0 unspecified atom stereocenters. The van der Waals surface area contributed by atoms with Crippen molar-refractivity contribution in [2.45, 2.75) is 12.1 Å². The van der Waals surface area contributed by atoms with Crippen molar-refractivity contribution in [1.29, 1.82) is 0 Å². The van der Waals surface area contributed by atoms with Crippen molar-refractivity contribution in [2.24, 2.45) is 0 Å². The Labute approximate surface area is 168 Å². The molecule has 0 aliphatic carbocycles. The van der Waals surface area contributed by atoms with E-state index in [2.05, 4.69) is 20.6 Å². The van der Waals surface area contributed by atoms with E-state index in [9.17, 15) is 26.7 Å². The molecule has 10 heteroatoms. The predicted octanol–water partition coefficient (Wildman–Crippen LogP) is 4.73. The van der Waals surface area contributed by atoms with Crippen molar-refractivity contribution in [1.82, 2.24) is 15.3 Å². The van der Waals surface area contributed by atoms with Crippen LogP contribution in [0.5, 0.6) is 0 Å². The maximum Gasteiger partial charge on any atom is 0.419 e. The molecule has 156 valence electrons. The molecule has 2 N–H and O–H groups in total. The number of carbonyl (C=O) groups excluding carboxylic acids is 1. The third-order valence-corrected chi connectivity index (χ3v) is 4.20. The number of aromatic nitrogens is 2. The van der Waals surface area contributed by atoms with Crippen LogP contribution in [0.1, 0.15) is 22.7 Å². The Bertz CT molecular complexity index is 1030. The normalized spacial score (nSPS) is 12.3. The number of pyridine rings is 2. The summed E-state index contributed by atoms with van der Waals surface area (Å²) in [5, 5.41) is 5.00. The van der Waals surface area contributed by atoms with Crippen molar-refractivity contribution in [3.63, 3.8) is 0 Å². The Morgan fingerprint density at radius 1 is 1.03 bits per heavy atom. The highest BCUT2D eigenvalue weighted by atomic mass is 19.4. The first kappa shape index (κ1) is 21.2. The molecule has 3 aromatic rings. The van der Waals surface area contributed by atoms with Gasteiger partial charge < -0.3 is 10.6 Å². The molecule has 0 aliphatic rings. The Morgan fingerprint density at radius 2 is 1.80 bits per heavy atom. The smallest absolute Gasteiger partial charge is 0.337 e. The summed E-state index contributed by atoms with van der Waals surface area (Å²) in [7, 11) is 0. The molecular weight excluding hydrogens is 407 g/mol. The molecule has 0 saturated heterocycles. The van der Waals surface area contributed by atoms with Gasteiger partial charge in [-0.3, -0.25) is 9.97 Å². The average Bonchev–Trinajstić information content (AvgIpc) is 2.69. The Morgan fingerprint density at radius 3 is 2.43 bits per heavy atom. The number of alkyl halides is 3. The minimum atomic E-state index is -4.86. The van der Waals surface area contributed by atoms with Gasteiger partial charge in [-0.1, -0.05) is 6.07 Å². The van der Waals surface area contributed by atoms with Crippen LogP contribution in [-0.2, 0) is 6.18 Å². The van der Waals surface area contributed by atoms with Gasteiger partial charge in [0.2, 0.25) is 0 Å². The zero-order chi connectivity index (χ0) is 21.7. The van der Waals surface area contributed by atoms with Gasteiger partial charge in [0.1, 0.15) is 11.6 Å². The van der Waals surface area contributed by atoms with Crippen LogP contribution in [0.2, 0.25) is 0 Å². The topological polar surface area (TPSA) is 66.9 Å². The largest absolute Gasteiger partial charge is 0.419 e. The number of hydrogen-bond donors (Lipinski definition) is 2. The standard InChI is InChI=1S/C20H15F5N4O/c21-16-4-2-8-27-18(16)14(11-28-19(30)29-13-3-1-7-26-10-13)12-5-6-15(17(22)9-12)20(23,24)25/h1-10,14H,11H2,(H2,28,29,30)/t14-/m1/s1. The van der Waals surface area contributed by atoms with Crippen molar-refractivity contribution >= 4 is 11.7 Å². The summed E-state index contributed by atoms with van der Waals surface area (Å²) in [5.74, 6) is -3.26. The lowest BCUT2D eigenvalue weighted by Gasteiger charge is -2.19. The van der Waals surface area contributed by atoms with Crippen LogP contribution in [0, 0.1) is 11.6 Å². The average molecular weight is 422 g/mol. The molecule has 2 amide bonds. The molecule has 0 spiro atoms. The van der Waals surface area contributed by atoms with E-state index >= 15 is 0 Å². The molecule has 3 rings (SSSR count). The number of carbonyl (C=O) groups is 1. The Balaban J connectivity index is 1.86. The van der Waals surface area contributed by atoms with Gasteiger partial charge in [-0.15, -0.1) is 0 Å². The fourth-order valence-corrected chi connectivity index (χ4v) is 2.81. The first-order chi connectivity index (χ1) is 14.3. The second-order valence-electron chi connectivity index (χ2n) is 6.24. The number of hydrogen-bond acceptors (Lipinski definition) is 3. The summed E-state index contributed by atoms with van der Waals surface area (Å²) in [6.07, 6.45) is -0.652. The molecule has 0 aliphatic heterocycles. The van der Waals surface area contributed by atoms with Gasteiger partial charge in [-0.25, -0.2) is 13.6 Å². The highest BCUT2D eigenvalue weighted by molar-refractivity contribution is 5.89. The second-order valence-corrected chi connectivity index (χ2v) is 6.24. The lowest BCUT2D eigenvalue weighted by molar-refractivity contribution is -0.140. The first-order valence-corrected chi connectivity index (χ1v) is 8.67. The number of nitrogens with one attached hydrogen (secondary N) is 2. The lowest BCUT2D eigenvalue weighted by atomic mass is 9.93. The zero-order valence-electron chi connectivity index (χ0n) is 15.3. The molecule has 0 radical (unpaired) electrons. The third kappa shape index (κ3) is 5.07. The number of halogens is 5. The molecule has 0 bridgehead atoms. The number of amides is 2. The molecule has 30 heavy (non-hydrogen) atoms. The van der Waals surface area contributed by atoms with Crippen LogP contribution in [-0.4, -0.2) is 22.5 Å². The molecule has 5 nitrogen and oxygen atoms in total. The molecule has 0 saturated carbocycles. The van der Waals surface area contributed by atoms with E-state index in [0.717, 1.165) is 12.1 Å². The van der Waals surface area contributed by atoms with Gasteiger partial charge >= 0.3 is 12.2 Å². The van der Waals surface area contributed by atoms with Gasteiger partial charge in [0, 0.05) is 24.9 Å². The van der Waals surface area contributed by atoms with E-state index in [1.807, 2.05) is 0 Å². The van der Waals surface area contributed by atoms with E-state index in [-0.39, 0.29) is 17.8 Å². The summed E-state index contributed by atoms with van der Waals surface area (Å²) in [5.41, 5.74) is -1.15. The molecule has 1 aromatic carbocycles. The summed E-state index contributed by atoms with van der Waals surface area (Å²) in [4.78, 5) is 19.9. The SMILES string of the molecule is O=C(NC[C@H](c1ccc(C(F)(F)F)c(F)c1)c1ncccc1F)Nc1cccnc1. The van der Waals surface area contributed by atoms with Crippen molar-refractivity contribution in [2.75, 3.05) is 11.9 Å². The second kappa shape index (κ2) is 8.85. The predicted molar refractivity (Wildman–Crippen MR) is 98.7 cm³/mol. The highest BCUT2D eigenvalue weighted by Crippen LogP contribution is 2.34. The van der Waals surface area contributed by atoms with E-state index in [4.69, 9.17) is 0 Å². The molecule has 2 heterocycles. The highest BCUT2D eigenvalue weighted by Gasteiger charge is 2.34. The van der Waals surface area contributed by atoms with Crippen LogP contribution in [0.4, 0.5) is 32.4 Å². The van der Waals surface area contributed by atoms with E-state index < -0.39 is 35.3 Å². The number of nitrogens with zero attached hydrogens (tertiary/aromatic N) is 2. The van der Waals surface area contributed by atoms with Crippen LogP contribution >= 0.6 is 0 Å². The third-order valence-electron chi connectivity index (χ3n) is 4.20. The van der Waals surface area contributed by atoms with E-state index in [1.165, 1.54) is 24.7 Å². The molecule has 2 aromatic heterocycles. The summed E-state index contributed by atoms with van der Waals surface area (Å²) in [6.45, 7) is -0.245. The number of benzene rings is 1. The van der Waals surface area contributed by atoms with Crippen molar-refractivity contribution < 1.29 is 26.7 Å². The number of anilines is 1. The quantitative estimate of drug-likeness (QED) is 0.585. The maximum atomic E-state index is 14.3. The minimum Gasteiger partial charge on any atom is -0.337 e. The fraction of sp³-hybridized carbons (Fsp3) is 0.150. The molecule has 0 fully saturated rings. The number of rotatable bonds is 5. The summed E-state index contributed by atoms with van der Waals surface area (Å²) >= 11 is 0. The maximum absolute atomic E-state index is 14.3.